The Kier molecular flexibility index (Phi) is 9.29. The van der Waals surface area contributed by atoms with Crippen molar-refractivity contribution in [3.05, 3.63) is 112 Å². The average molecular weight is 656 g/mol. The molecule has 3 heterocycles. The molecule has 0 spiro atoms. The number of imidazole rings is 1. The summed E-state index contributed by atoms with van der Waals surface area (Å²) in [4.78, 5) is 36.8. The Hall–Kier alpha value is -5.08. The van der Waals surface area contributed by atoms with E-state index in [1.807, 2.05) is 78.9 Å². The lowest BCUT2D eigenvalue weighted by Gasteiger charge is -2.40. The number of aromatic nitrogens is 4. The second-order valence-corrected chi connectivity index (χ2v) is 11.7. The molecule has 4 atom stereocenters. The lowest BCUT2D eigenvalue weighted by molar-refractivity contribution is -0.122. The third kappa shape index (κ3) is 5.92. The molecule has 1 saturated heterocycles. The quantitative estimate of drug-likeness (QED) is 0.155. The number of carbonyl (C=O) groups excluding carboxylic acids is 1. The fourth-order valence-electron chi connectivity index (χ4n) is 5.89. The summed E-state index contributed by atoms with van der Waals surface area (Å²) >= 11 is 0. The highest BCUT2D eigenvalue weighted by molar-refractivity contribution is 5.91. The van der Waals surface area contributed by atoms with Crippen LogP contribution in [0.2, 0.25) is 0 Å². The van der Waals surface area contributed by atoms with Gasteiger partial charge in [0.1, 0.15) is 35.4 Å². The van der Waals surface area contributed by atoms with Gasteiger partial charge in [-0.15, -0.1) is 0 Å². The molecule has 13 heteroatoms. The zero-order chi connectivity index (χ0) is 34.0. The second kappa shape index (κ2) is 13.6. The lowest BCUT2D eigenvalue weighted by Crippen LogP contribution is -2.44. The van der Waals surface area contributed by atoms with Crippen LogP contribution in [0, 0.1) is 5.92 Å². The monoisotopic (exact) mass is 655 g/mol. The molecule has 1 fully saturated rings. The Morgan fingerprint density at radius 3 is 2.10 bits per heavy atom. The minimum Gasteiger partial charge on any atom is -0.497 e. The summed E-state index contributed by atoms with van der Waals surface area (Å²) in [5, 5.41) is 24.6. The molecular formula is C35H37N5O8. The molecule has 1 aliphatic heterocycles. The predicted octanol–water partition coefficient (Wildman–Crippen LogP) is 3.36. The maximum atomic E-state index is 13.0. The summed E-state index contributed by atoms with van der Waals surface area (Å²) in [6.45, 7) is 2.91. The molecule has 0 unspecified atom stereocenters. The first-order valence-corrected chi connectivity index (χ1v) is 15.4. The number of amides is 1. The number of ether oxygens (including phenoxy) is 4. The average Bonchev–Trinajstić information content (AvgIpc) is 3.67. The van der Waals surface area contributed by atoms with E-state index in [1.165, 1.54) is 10.9 Å². The number of nitrogens with one attached hydrogen (secondary N) is 2. The summed E-state index contributed by atoms with van der Waals surface area (Å²) in [6.07, 6.45) is -3.30. The highest BCUT2D eigenvalue weighted by atomic mass is 16.6. The van der Waals surface area contributed by atoms with E-state index in [0.717, 1.165) is 5.56 Å². The SMILES string of the molecule is COc1ccc(C(O[C@@H]2[C@H](O)[C@@H](CO)O[C@H]2n2cnc3c(=O)[nH]c(NC(=O)C(C)C)nc32)(c2ccccc2)c2ccc(OC)cc2)cc1. The van der Waals surface area contributed by atoms with Gasteiger partial charge in [0, 0.05) is 5.92 Å². The number of hydrogen-bond acceptors (Lipinski definition) is 10. The number of fused-ring (bicyclic) bond motifs is 1. The van der Waals surface area contributed by atoms with Gasteiger partial charge in [-0.3, -0.25) is 24.5 Å². The van der Waals surface area contributed by atoms with Crippen molar-refractivity contribution in [1.29, 1.82) is 0 Å². The van der Waals surface area contributed by atoms with Crippen LogP contribution < -0.4 is 20.3 Å². The highest BCUT2D eigenvalue weighted by Crippen LogP contribution is 2.46. The number of H-pyrrole nitrogens is 1. The van der Waals surface area contributed by atoms with Crippen molar-refractivity contribution in [2.24, 2.45) is 5.92 Å². The van der Waals surface area contributed by atoms with Crippen molar-refractivity contribution in [2.75, 3.05) is 26.1 Å². The summed E-state index contributed by atoms with van der Waals surface area (Å²) in [7, 11) is 3.17. The predicted molar refractivity (Wildman–Crippen MR) is 176 cm³/mol. The Morgan fingerprint density at radius 2 is 1.56 bits per heavy atom. The molecule has 2 aromatic heterocycles. The molecule has 0 bridgehead atoms. The van der Waals surface area contributed by atoms with Crippen LogP contribution in [0.1, 0.15) is 36.8 Å². The van der Waals surface area contributed by atoms with Gasteiger partial charge in [0.2, 0.25) is 11.9 Å². The molecule has 0 saturated carbocycles. The van der Waals surface area contributed by atoms with Crippen LogP contribution in [0.15, 0.2) is 90.0 Å². The van der Waals surface area contributed by atoms with E-state index >= 15 is 0 Å². The topological polar surface area (TPSA) is 170 Å². The molecule has 5 aromatic rings. The summed E-state index contributed by atoms with van der Waals surface area (Å²) in [6, 6.07) is 24.3. The number of aliphatic hydroxyl groups is 2. The van der Waals surface area contributed by atoms with Crippen LogP contribution in [0.5, 0.6) is 11.5 Å². The number of benzene rings is 3. The number of hydrogen-bond donors (Lipinski definition) is 4. The van der Waals surface area contributed by atoms with Crippen LogP contribution in [0.3, 0.4) is 0 Å². The van der Waals surface area contributed by atoms with Crippen molar-refractivity contribution in [1.82, 2.24) is 19.5 Å². The molecule has 13 nitrogen and oxygen atoms in total. The molecular weight excluding hydrogens is 618 g/mol. The van der Waals surface area contributed by atoms with Crippen LogP contribution in [-0.4, -0.2) is 74.8 Å². The van der Waals surface area contributed by atoms with Gasteiger partial charge in [-0.05, 0) is 41.0 Å². The summed E-state index contributed by atoms with van der Waals surface area (Å²) in [5.41, 5.74) is 0.298. The largest absolute Gasteiger partial charge is 0.497 e. The van der Waals surface area contributed by atoms with Gasteiger partial charge in [-0.25, -0.2) is 4.98 Å². The first-order valence-electron chi connectivity index (χ1n) is 15.4. The number of rotatable bonds is 11. The van der Waals surface area contributed by atoms with Gasteiger partial charge in [0.25, 0.3) is 5.56 Å². The molecule has 1 aliphatic rings. The zero-order valence-electron chi connectivity index (χ0n) is 26.9. The number of methoxy groups -OCH3 is 2. The highest BCUT2D eigenvalue weighted by Gasteiger charge is 2.51. The molecule has 250 valence electrons. The van der Waals surface area contributed by atoms with Gasteiger partial charge in [0.05, 0.1) is 27.2 Å². The van der Waals surface area contributed by atoms with Crippen LogP contribution >= 0.6 is 0 Å². The van der Waals surface area contributed by atoms with E-state index in [4.69, 9.17) is 18.9 Å². The fourth-order valence-corrected chi connectivity index (χ4v) is 5.89. The molecule has 1 amide bonds. The Morgan fingerprint density at radius 1 is 0.979 bits per heavy atom. The van der Waals surface area contributed by atoms with Crippen LogP contribution in [0.25, 0.3) is 11.2 Å². The number of aliphatic hydroxyl groups excluding tert-OH is 2. The van der Waals surface area contributed by atoms with Gasteiger partial charge < -0.3 is 29.2 Å². The Labute approximate surface area is 276 Å². The van der Waals surface area contributed by atoms with E-state index < -0.39 is 42.3 Å². The van der Waals surface area contributed by atoms with Crippen molar-refractivity contribution >= 4 is 23.0 Å². The Balaban J connectivity index is 1.54. The molecule has 3 aromatic carbocycles. The number of anilines is 1. The van der Waals surface area contributed by atoms with E-state index in [2.05, 4.69) is 20.3 Å². The third-order valence-corrected chi connectivity index (χ3v) is 8.45. The van der Waals surface area contributed by atoms with E-state index in [0.29, 0.717) is 22.6 Å². The molecule has 4 N–H and O–H groups in total. The van der Waals surface area contributed by atoms with Crippen LogP contribution in [0.4, 0.5) is 5.95 Å². The van der Waals surface area contributed by atoms with Gasteiger partial charge >= 0.3 is 0 Å². The van der Waals surface area contributed by atoms with Crippen molar-refractivity contribution in [2.45, 2.75) is 44.0 Å². The standard InChI is InChI=1S/C35H37N5O8/c1-20(2)31(43)38-34-37-30-27(32(44)39-34)36-19-40(30)33-29(28(42)26(18-41)47-33)48-35(21-8-6-5-7-9-21,22-10-14-24(45-3)15-11-22)23-12-16-25(46-4)17-13-23/h5-17,19-20,26,28-29,33,41-42H,18H2,1-4H3,(H2,37,38,39,43,44)/t26-,28-,29-,33-/m1/s1. The smallest absolute Gasteiger partial charge is 0.280 e. The van der Waals surface area contributed by atoms with Crippen molar-refractivity contribution in [3.8, 4) is 11.5 Å². The summed E-state index contributed by atoms with van der Waals surface area (Å²) < 4.78 is 25.8. The van der Waals surface area contributed by atoms with Crippen molar-refractivity contribution < 1.29 is 34.0 Å². The maximum Gasteiger partial charge on any atom is 0.280 e. The molecule has 0 aliphatic carbocycles. The molecule has 6 rings (SSSR count). The summed E-state index contributed by atoms with van der Waals surface area (Å²) in [5.74, 6) is 0.496. The lowest BCUT2D eigenvalue weighted by atomic mass is 9.79. The zero-order valence-corrected chi connectivity index (χ0v) is 26.9. The first kappa shape index (κ1) is 32.8. The number of nitrogens with zero attached hydrogens (tertiary/aromatic N) is 3. The number of carbonyl (C=O) groups is 1. The molecule has 48 heavy (non-hydrogen) atoms. The minimum absolute atomic E-state index is 0.0125. The van der Waals surface area contributed by atoms with E-state index in [-0.39, 0.29) is 28.9 Å². The van der Waals surface area contributed by atoms with Crippen LogP contribution in [-0.2, 0) is 19.9 Å². The number of aromatic amines is 1. The van der Waals surface area contributed by atoms with Gasteiger partial charge in [-0.1, -0.05) is 68.4 Å². The normalized spacial score (nSPS) is 19.5. The Bertz CT molecular complexity index is 1880. The molecule has 0 radical (unpaired) electrons. The van der Waals surface area contributed by atoms with E-state index in [1.54, 1.807) is 28.1 Å². The minimum atomic E-state index is -1.35. The second-order valence-electron chi connectivity index (χ2n) is 11.7. The fraction of sp³-hybridized carbons (Fsp3) is 0.314. The van der Waals surface area contributed by atoms with Gasteiger partial charge in [-0.2, -0.15) is 4.98 Å². The van der Waals surface area contributed by atoms with Gasteiger partial charge in [0.15, 0.2) is 17.4 Å². The first-order chi connectivity index (χ1) is 23.2. The third-order valence-electron chi connectivity index (χ3n) is 8.45. The maximum absolute atomic E-state index is 13.0. The van der Waals surface area contributed by atoms with E-state index in [9.17, 15) is 19.8 Å². The van der Waals surface area contributed by atoms with Crippen molar-refractivity contribution in [3.63, 3.8) is 0 Å².